The van der Waals surface area contributed by atoms with E-state index in [1.807, 2.05) is 13.8 Å². The number of hydrogen-bond donors (Lipinski definition) is 0. The zero-order chi connectivity index (χ0) is 8.85. The number of hydrogen-bond acceptors (Lipinski definition) is 2. The fourth-order valence-electron chi connectivity index (χ4n) is 0.473. The fraction of sp³-hybridized carbons (Fsp3) is 0.571. The smallest absolute Gasteiger partial charge is 0.243 e. The van der Waals surface area contributed by atoms with E-state index in [0.717, 1.165) is 16.2 Å². The topological polar surface area (TPSA) is 12.9 Å². The van der Waals surface area contributed by atoms with Crippen LogP contribution in [0.3, 0.4) is 0 Å². The summed E-state index contributed by atoms with van der Waals surface area (Å²) in [6, 6.07) is 0. The van der Waals surface area contributed by atoms with Gasteiger partial charge in [0.05, 0.1) is 0 Å². The minimum atomic E-state index is -2.41. The van der Waals surface area contributed by atoms with Gasteiger partial charge in [0.25, 0.3) is 6.43 Å². The van der Waals surface area contributed by atoms with Crippen molar-refractivity contribution in [3.8, 4) is 0 Å². The van der Waals surface area contributed by atoms with E-state index in [1.165, 1.54) is 6.20 Å². The van der Waals surface area contributed by atoms with E-state index in [-0.39, 0.29) is 5.01 Å². The predicted octanol–water partition coefficient (Wildman–Crippen LogP) is 3.42. The SMILES string of the molecule is CC.Cc1cnc(C(F)F)s1. The second-order valence-corrected chi connectivity index (χ2v) is 2.88. The summed E-state index contributed by atoms with van der Waals surface area (Å²) in [5.41, 5.74) is 0. The average molecular weight is 179 g/mol. The lowest BCUT2D eigenvalue weighted by Gasteiger charge is -1.86. The monoisotopic (exact) mass is 179 g/mol. The van der Waals surface area contributed by atoms with Gasteiger partial charge in [-0.2, -0.15) is 0 Å². The van der Waals surface area contributed by atoms with E-state index >= 15 is 0 Å². The largest absolute Gasteiger partial charge is 0.289 e. The van der Waals surface area contributed by atoms with Crippen LogP contribution < -0.4 is 0 Å². The molecular weight excluding hydrogens is 168 g/mol. The molecule has 0 aliphatic heterocycles. The van der Waals surface area contributed by atoms with Crippen LogP contribution in [0.1, 0.15) is 30.2 Å². The third-order valence-electron chi connectivity index (χ3n) is 0.826. The van der Waals surface area contributed by atoms with Crippen LogP contribution in [-0.2, 0) is 0 Å². The average Bonchev–Trinajstić information content (AvgIpc) is 2.40. The molecule has 0 aliphatic rings. The molecule has 0 bridgehead atoms. The highest BCUT2D eigenvalue weighted by Crippen LogP contribution is 2.22. The second-order valence-electron chi connectivity index (χ2n) is 1.61. The molecular formula is C7H11F2NS. The summed E-state index contributed by atoms with van der Waals surface area (Å²) in [5, 5.41) is -0.0903. The Bertz CT molecular complexity index is 198. The highest BCUT2D eigenvalue weighted by Gasteiger charge is 2.09. The summed E-state index contributed by atoms with van der Waals surface area (Å²) >= 11 is 1.03. The van der Waals surface area contributed by atoms with Crippen molar-refractivity contribution in [2.24, 2.45) is 0 Å². The molecule has 1 aromatic heterocycles. The zero-order valence-electron chi connectivity index (χ0n) is 6.77. The van der Waals surface area contributed by atoms with Gasteiger partial charge in [-0.15, -0.1) is 11.3 Å². The van der Waals surface area contributed by atoms with Gasteiger partial charge in [-0.05, 0) is 6.92 Å². The van der Waals surface area contributed by atoms with Crippen LogP contribution in [0.15, 0.2) is 6.20 Å². The number of nitrogens with zero attached hydrogens (tertiary/aromatic N) is 1. The first-order chi connectivity index (χ1) is 5.20. The molecule has 0 aromatic carbocycles. The van der Waals surface area contributed by atoms with E-state index in [2.05, 4.69) is 4.98 Å². The molecule has 0 atom stereocenters. The van der Waals surface area contributed by atoms with E-state index < -0.39 is 6.43 Å². The first kappa shape index (κ1) is 10.5. The maximum atomic E-state index is 11.7. The Morgan fingerprint density at radius 3 is 2.18 bits per heavy atom. The molecule has 1 heterocycles. The van der Waals surface area contributed by atoms with Crippen molar-refractivity contribution >= 4 is 11.3 Å². The van der Waals surface area contributed by atoms with Crippen molar-refractivity contribution < 1.29 is 8.78 Å². The standard InChI is InChI=1S/C5H5F2NS.C2H6/c1-3-2-8-5(9-3)4(6)7;1-2/h2,4H,1H3;1-2H3. The lowest BCUT2D eigenvalue weighted by Crippen LogP contribution is -1.77. The van der Waals surface area contributed by atoms with Gasteiger partial charge < -0.3 is 0 Å². The van der Waals surface area contributed by atoms with Gasteiger partial charge in [-0.25, -0.2) is 13.8 Å². The van der Waals surface area contributed by atoms with Gasteiger partial charge in [-0.1, -0.05) is 13.8 Å². The molecule has 0 saturated heterocycles. The fourth-order valence-corrected chi connectivity index (χ4v) is 1.10. The van der Waals surface area contributed by atoms with E-state index in [1.54, 1.807) is 6.92 Å². The highest BCUT2D eigenvalue weighted by atomic mass is 32.1. The Morgan fingerprint density at radius 2 is 2.00 bits per heavy atom. The summed E-state index contributed by atoms with van der Waals surface area (Å²) in [4.78, 5) is 4.31. The van der Waals surface area contributed by atoms with Crippen molar-refractivity contribution in [2.45, 2.75) is 27.2 Å². The Hall–Kier alpha value is -0.510. The number of rotatable bonds is 1. The lowest BCUT2D eigenvalue weighted by atomic mass is 10.6. The van der Waals surface area contributed by atoms with E-state index in [4.69, 9.17) is 0 Å². The van der Waals surface area contributed by atoms with Crippen LogP contribution in [0.2, 0.25) is 0 Å². The normalized spacial score (nSPS) is 9.27. The molecule has 0 radical (unpaired) electrons. The highest BCUT2D eigenvalue weighted by molar-refractivity contribution is 7.11. The molecule has 0 saturated carbocycles. The van der Waals surface area contributed by atoms with Gasteiger partial charge in [0, 0.05) is 11.1 Å². The first-order valence-electron chi connectivity index (χ1n) is 3.40. The molecule has 1 nitrogen and oxygen atoms in total. The second kappa shape index (κ2) is 5.18. The van der Waals surface area contributed by atoms with Crippen molar-refractivity contribution in [3.63, 3.8) is 0 Å². The van der Waals surface area contributed by atoms with Crippen molar-refractivity contribution in [1.29, 1.82) is 0 Å². The summed E-state index contributed by atoms with van der Waals surface area (Å²) < 4.78 is 23.5. The Morgan fingerprint density at radius 1 is 1.45 bits per heavy atom. The minimum Gasteiger partial charge on any atom is -0.243 e. The number of halogens is 2. The van der Waals surface area contributed by atoms with Crippen molar-refractivity contribution in [3.05, 3.63) is 16.1 Å². The van der Waals surface area contributed by atoms with Crippen LogP contribution >= 0.6 is 11.3 Å². The third-order valence-corrected chi connectivity index (χ3v) is 1.75. The quantitative estimate of drug-likeness (QED) is 0.643. The molecule has 64 valence electrons. The third kappa shape index (κ3) is 3.41. The minimum absolute atomic E-state index is 0.0903. The summed E-state index contributed by atoms with van der Waals surface area (Å²) in [7, 11) is 0. The molecule has 0 fully saturated rings. The molecule has 1 aromatic rings. The first-order valence-corrected chi connectivity index (χ1v) is 4.22. The lowest BCUT2D eigenvalue weighted by molar-refractivity contribution is 0.151. The zero-order valence-corrected chi connectivity index (χ0v) is 7.58. The predicted molar refractivity (Wildman–Crippen MR) is 43.2 cm³/mol. The molecule has 0 N–H and O–H groups in total. The Balaban J connectivity index is 0.000000461. The maximum Gasteiger partial charge on any atom is 0.289 e. The Kier molecular flexibility index (Phi) is 4.94. The molecule has 11 heavy (non-hydrogen) atoms. The molecule has 1 rings (SSSR count). The van der Waals surface area contributed by atoms with Crippen LogP contribution in [0.4, 0.5) is 8.78 Å². The number of thiazole rings is 1. The van der Waals surface area contributed by atoms with Gasteiger partial charge in [-0.3, -0.25) is 0 Å². The van der Waals surface area contributed by atoms with Crippen molar-refractivity contribution in [2.75, 3.05) is 0 Å². The summed E-state index contributed by atoms with van der Waals surface area (Å²) in [6.07, 6.45) is -0.963. The molecule has 0 unspecified atom stereocenters. The molecule has 4 heteroatoms. The van der Waals surface area contributed by atoms with Crippen molar-refractivity contribution in [1.82, 2.24) is 4.98 Å². The number of aromatic nitrogens is 1. The molecule has 0 amide bonds. The maximum absolute atomic E-state index is 11.7. The van der Waals surface area contributed by atoms with Gasteiger partial charge >= 0.3 is 0 Å². The van der Waals surface area contributed by atoms with Gasteiger partial charge in [0.1, 0.15) is 0 Å². The van der Waals surface area contributed by atoms with Gasteiger partial charge in [0.2, 0.25) is 0 Å². The van der Waals surface area contributed by atoms with E-state index in [9.17, 15) is 8.78 Å². The molecule has 0 aliphatic carbocycles. The summed E-state index contributed by atoms with van der Waals surface area (Å²) in [6.45, 7) is 5.75. The van der Waals surface area contributed by atoms with E-state index in [0.29, 0.717) is 0 Å². The van der Waals surface area contributed by atoms with Crippen LogP contribution in [0.5, 0.6) is 0 Å². The summed E-state index contributed by atoms with van der Waals surface area (Å²) in [5.74, 6) is 0. The number of aryl methyl sites for hydroxylation is 1. The molecule has 0 spiro atoms. The Labute approximate surface area is 69.1 Å². The van der Waals surface area contributed by atoms with Crippen LogP contribution in [-0.4, -0.2) is 4.98 Å². The number of alkyl halides is 2. The van der Waals surface area contributed by atoms with Crippen LogP contribution in [0.25, 0.3) is 0 Å². The van der Waals surface area contributed by atoms with Gasteiger partial charge in [0.15, 0.2) is 5.01 Å². The van der Waals surface area contributed by atoms with Crippen LogP contribution in [0, 0.1) is 6.92 Å².